The Morgan fingerprint density at radius 1 is 1.33 bits per heavy atom. The number of carbonyl (C=O) groups excluding carboxylic acids is 1. The van der Waals surface area contributed by atoms with Gasteiger partial charge in [-0.25, -0.2) is 13.2 Å². The molecule has 0 aliphatic heterocycles. The molecular formula is C19H18ClF3N2O2. The molecule has 2 atom stereocenters. The highest BCUT2D eigenvalue weighted by Crippen LogP contribution is 2.46. The molecule has 0 fully saturated rings. The lowest BCUT2D eigenvalue weighted by Crippen LogP contribution is -2.47. The first kappa shape index (κ1) is 19.6. The molecule has 27 heavy (non-hydrogen) atoms. The fourth-order valence-corrected chi connectivity index (χ4v) is 3.55. The van der Waals surface area contributed by atoms with Crippen LogP contribution in [0.15, 0.2) is 30.5 Å². The summed E-state index contributed by atoms with van der Waals surface area (Å²) in [6.45, 7) is 1.49. The summed E-state index contributed by atoms with van der Waals surface area (Å²) < 4.78 is 42.3. The number of hydrogen-bond donors (Lipinski definition) is 2. The van der Waals surface area contributed by atoms with Gasteiger partial charge in [-0.05, 0) is 37.0 Å². The predicted molar refractivity (Wildman–Crippen MR) is 93.7 cm³/mol. The van der Waals surface area contributed by atoms with Crippen LogP contribution in [0.1, 0.15) is 43.0 Å². The summed E-state index contributed by atoms with van der Waals surface area (Å²) in [5, 5.41) is 12.6. The molecule has 3 rings (SSSR count). The molecule has 2 aromatic rings. The third-order valence-corrected chi connectivity index (χ3v) is 5.47. The number of pyridine rings is 1. The van der Waals surface area contributed by atoms with Gasteiger partial charge in [0.15, 0.2) is 11.6 Å². The molecule has 4 nitrogen and oxygen atoms in total. The Morgan fingerprint density at radius 2 is 2.07 bits per heavy atom. The summed E-state index contributed by atoms with van der Waals surface area (Å²) in [7, 11) is 0. The molecule has 0 bridgehead atoms. The average Bonchev–Trinajstić information content (AvgIpc) is 2.68. The van der Waals surface area contributed by atoms with Crippen LogP contribution < -0.4 is 5.32 Å². The number of hydrogen-bond acceptors (Lipinski definition) is 3. The van der Waals surface area contributed by atoms with E-state index >= 15 is 4.39 Å². The van der Waals surface area contributed by atoms with Crippen LogP contribution in [0.2, 0.25) is 5.02 Å². The van der Waals surface area contributed by atoms with Crippen LogP contribution in [0.4, 0.5) is 13.2 Å². The highest BCUT2D eigenvalue weighted by atomic mass is 35.5. The number of rotatable bonds is 4. The Morgan fingerprint density at radius 3 is 2.78 bits per heavy atom. The third-order valence-electron chi connectivity index (χ3n) is 5.06. The van der Waals surface area contributed by atoms with E-state index in [1.54, 1.807) is 6.92 Å². The number of nitrogens with zero attached hydrogens (tertiary/aromatic N) is 1. The Labute approximate surface area is 159 Å². The maximum absolute atomic E-state index is 15.7. The van der Waals surface area contributed by atoms with Crippen molar-refractivity contribution in [2.75, 3.05) is 0 Å². The van der Waals surface area contributed by atoms with E-state index in [1.807, 2.05) is 0 Å². The minimum absolute atomic E-state index is 0.00878. The molecule has 2 N–H and O–H groups in total. The van der Waals surface area contributed by atoms with Crippen molar-refractivity contribution >= 4 is 17.5 Å². The van der Waals surface area contributed by atoms with Gasteiger partial charge in [0, 0.05) is 18.3 Å². The second kappa shape index (κ2) is 7.13. The van der Waals surface area contributed by atoms with Gasteiger partial charge in [-0.2, -0.15) is 0 Å². The summed E-state index contributed by atoms with van der Waals surface area (Å²) in [4.78, 5) is 16.7. The number of benzene rings is 1. The summed E-state index contributed by atoms with van der Waals surface area (Å²) in [5.41, 5.74) is -3.41. The van der Waals surface area contributed by atoms with Crippen LogP contribution in [-0.2, 0) is 22.6 Å². The zero-order chi connectivity index (χ0) is 19.8. The maximum Gasteiger partial charge on any atom is 0.262 e. The molecule has 144 valence electrons. The second-order valence-electron chi connectivity index (χ2n) is 6.60. The molecule has 0 unspecified atom stereocenters. The van der Waals surface area contributed by atoms with E-state index in [4.69, 9.17) is 11.6 Å². The monoisotopic (exact) mass is 398 g/mol. The van der Waals surface area contributed by atoms with Gasteiger partial charge in [0.25, 0.3) is 5.91 Å². The number of halogens is 4. The minimum Gasteiger partial charge on any atom is -0.384 e. The van der Waals surface area contributed by atoms with E-state index in [2.05, 4.69) is 10.3 Å². The average molecular weight is 399 g/mol. The van der Waals surface area contributed by atoms with Crippen molar-refractivity contribution in [2.45, 2.75) is 44.0 Å². The topological polar surface area (TPSA) is 62.2 Å². The minimum atomic E-state index is -2.39. The van der Waals surface area contributed by atoms with Crippen LogP contribution in [0, 0.1) is 11.6 Å². The summed E-state index contributed by atoms with van der Waals surface area (Å²) >= 11 is 5.74. The molecule has 1 amide bonds. The van der Waals surface area contributed by atoms with E-state index in [0.717, 1.165) is 6.07 Å². The highest BCUT2D eigenvalue weighted by Gasteiger charge is 2.51. The van der Waals surface area contributed by atoms with Gasteiger partial charge in [0.1, 0.15) is 5.60 Å². The smallest absolute Gasteiger partial charge is 0.262 e. The number of alkyl halides is 1. The van der Waals surface area contributed by atoms with Gasteiger partial charge in [0.2, 0.25) is 5.67 Å². The molecular weight excluding hydrogens is 381 g/mol. The van der Waals surface area contributed by atoms with Crippen LogP contribution in [-0.4, -0.2) is 16.0 Å². The van der Waals surface area contributed by atoms with Crippen molar-refractivity contribution in [2.24, 2.45) is 0 Å². The molecule has 0 saturated heterocycles. The fraction of sp³-hybridized carbons (Fsp3) is 0.368. The lowest BCUT2D eigenvalue weighted by atomic mass is 9.73. The van der Waals surface area contributed by atoms with Crippen molar-refractivity contribution in [3.8, 4) is 0 Å². The van der Waals surface area contributed by atoms with Crippen molar-refractivity contribution in [3.63, 3.8) is 0 Å². The highest BCUT2D eigenvalue weighted by molar-refractivity contribution is 6.31. The van der Waals surface area contributed by atoms with Crippen LogP contribution >= 0.6 is 11.6 Å². The molecule has 1 aromatic heterocycles. The first-order chi connectivity index (χ1) is 12.7. The Hall–Kier alpha value is -2.12. The molecule has 8 heteroatoms. The van der Waals surface area contributed by atoms with Gasteiger partial charge < -0.3 is 10.4 Å². The lowest BCUT2D eigenvalue weighted by Gasteiger charge is -2.39. The standard InChI is InChI=1S/C19H18ClF3N2O2/c1-2-18(27)7-8-19(23,12-4-3-9-24-16(12)18)17(26)25-10-11-5-6-13(21)15(22)14(11)20/h3-6,9,27H,2,7-8,10H2,1H3,(H,25,26)/t18-,19+/m1/s1. The first-order valence-electron chi connectivity index (χ1n) is 8.51. The maximum atomic E-state index is 15.7. The van der Waals surface area contributed by atoms with E-state index in [1.165, 1.54) is 24.4 Å². The second-order valence-corrected chi connectivity index (χ2v) is 6.98. The van der Waals surface area contributed by atoms with E-state index < -0.39 is 33.8 Å². The largest absolute Gasteiger partial charge is 0.384 e. The van der Waals surface area contributed by atoms with Crippen molar-refractivity contribution in [1.29, 1.82) is 0 Å². The zero-order valence-corrected chi connectivity index (χ0v) is 15.3. The molecule has 1 aliphatic rings. The van der Waals surface area contributed by atoms with Crippen LogP contribution in [0.5, 0.6) is 0 Å². The van der Waals surface area contributed by atoms with Crippen LogP contribution in [0.3, 0.4) is 0 Å². The fourth-order valence-electron chi connectivity index (χ4n) is 3.33. The molecule has 0 radical (unpaired) electrons. The number of fused-ring (bicyclic) bond motifs is 1. The van der Waals surface area contributed by atoms with Gasteiger partial charge in [-0.1, -0.05) is 30.7 Å². The number of carbonyl (C=O) groups is 1. The van der Waals surface area contributed by atoms with Gasteiger partial charge in [0.05, 0.1) is 10.7 Å². The van der Waals surface area contributed by atoms with Crippen LogP contribution in [0.25, 0.3) is 0 Å². The van der Waals surface area contributed by atoms with Gasteiger partial charge in [-0.3, -0.25) is 9.78 Å². The van der Waals surface area contributed by atoms with E-state index in [-0.39, 0.29) is 36.2 Å². The molecule has 1 aromatic carbocycles. The summed E-state index contributed by atoms with van der Waals surface area (Å²) in [6, 6.07) is 5.02. The quantitative estimate of drug-likeness (QED) is 0.768. The van der Waals surface area contributed by atoms with E-state index in [9.17, 15) is 18.7 Å². The Kier molecular flexibility index (Phi) is 5.18. The van der Waals surface area contributed by atoms with Crippen molar-refractivity contribution < 1.29 is 23.1 Å². The summed E-state index contributed by atoms with van der Waals surface area (Å²) in [6.07, 6.45) is 1.57. The number of amides is 1. The predicted octanol–water partition coefficient (Wildman–Crippen LogP) is 3.89. The Balaban J connectivity index is 1.87. The van der Waals surface area contributed by atoms with Gasteiger partial charge >= 0.3 is 0 Å². The molecule has 0 spiro atoms. The lowest BCUT2D eigenvalue weighted by molar-refractivity contribution is -0.137. The molecule has 1 heterocycles. The first-order valence-corrected chi connectivity index (χ1v) is 8.88. The number of aliphatic hydroxyl groups is 1. The zero-order valence-electron chi connectivity index (χ0n) is 14.5. The normalized spacial score (nSPS) is 24.4. The number of nitrogens with one attached hydrogen (secondary N) is 1. The number of aromatic nitrogens is 1. The molecule has 0 saturated carbocycles. The third kappa shape index (κ3) is 3.30. The van der Waals surface area contributed by atoms with E-state index in [0.29, 0.717) is 6.42 Å². The Bertz CT molecular complexity index is 895. The van der Waals surface area contributed by atoms with Gasteiger partial charge in [-0.15, -0.1) is 0 Å². The SMILES string of the molecule is CC[C@@]1(O)CC[C@@](F)(C(=O)NCc2ccc(F)c(F)c2Cl)c2cccnc21. The van der Waals surface area contributed by atoms with Crippen molar-refractivity contribution in [1.82, 2.24) is 10.3 Å². The molecule has 1 aliphatic carbocycles. The summed E-state index contributed by atoms with van der Waals surface area (Å²) in [5.74, 6) is -3.28. The van der Waals surface area contributed by atoms with Crippen molar-refractivity contribution in [3.05, 3.63) is 63.9 Å².